The van der Waals surface area contributed by atoms with E-state index in [-0.39, 0.29) is 18.6 Å². The number of esters is 1. The van der Waals surface area contributed by atoms with Gasteiger partial charge in [-0.3, -0.25) is 4.79 Å². The molecule has 0 amide bonds. The second-order valence-electron chi connectivity index (χ2n) is 4.43. The van der Waals surface area contributed by atoms with E-state index in [4.69, 9.17) is 9.84 Å². The van der Waals surface area contributed by atoms with Crippen LogP contribution >= 0.6 is 0 Å². The summed E-state index contributed by atoms with van der Waals surface area (Å²) in [4.78, 5) is 11.6. The molecule has 4 nitrogen and oxygen atoms in total. The fraction of sp³-hybridized carbons (Fsp3) is 0.533. The van der Waals surface area contributed by atoms with Crippen molar-refractivity contribution in [3.05, 3.63) is 35.9 Å². The van der Waals surface area contributed by atoms with Gasteiger partial charge >= 0.3 is 5.97 Å². The average Bonchev–Trinajstić information content (AvgIpc) is 2.40. The van der Waals surface area contributed by atoms with Crippen molar-refractivity contribution >= 4 is 5.97 Å². The van der Waals surface area contributed by atoms with Crippen molar-refractivity contribution in [2.75, 3.05) is 19.8 Å². The quantitative estimate of drug-likeness (QED) is 0.525. The Morgan fingerprint density at radius 3 is 2.74 bits per heavy atom. The van der Waals surface area contributed by atoms with Crippen molar-refractivity contribution < 1.29 is 14.6 Å². The Kier molecular flexibility index (Phi) is 7.86. The number of rotatable bonds is 9. The molecule has 19 heavy (non-hydrogen) atoms. The molecule has 0 heterocycles. The first-order valence-corrected chi connectivity index (χ1v) is 6.80. The van der Waals surface area contributed by atoms with Crippen molar-refractivity contribution in [1.29, 1.82) is 0 Å². The molecular formula is C15H23NO3. The first-order chi connectivity index (χ1) is 9.26. The topological polar surface area (TPSA) is 58.6 Å². The molecule has 0 aliphatic rings. The first kappa shape index (κ1) is 15.7. The molecule has 0 saturated carbocycles. The van der Waals surface area contributed by atoms with E-state index in [0.29, 0.717) is 26.0 Å². The normalized spacial score (nSPS) is 12.1. The van der Waals surface area contributed by atoms with Crippen molar-refractivity contribution in [3.63, 3.8) is 0 Å². The Hall–Kier alpha value is -1.39. The van der Waals surface area contributed by atoms with Crippen LogP contribution in [-0.2, 0) is 16.0 Å². The molecule has 0 aliphatic heterocycles. The number of benzene rings is 1. The summed E-state index contributed by atoms with van der Waals surface area (Å²) in [6.45, 7) is 3.08. The molecule has 1 aromatic carbocycles. The molecule has 1 rings (SSSR count). The van der Waals surface area contributed by atoms with Gasteiger partial charge in [0.05, 0.1) is 13.0 Å². The number of carbonyl (C=O) groups is 1. The number of aliphatic hydroxyl groups excluding tert-OH is 1. The predicted octanol–water partition coefficient (Wildman–Crippen LogP) is 1.52. The second kappa shape index (κ2) is 9.53. The molecule has 1 atom stereocenters. The van der Waals surface area contributed by atoms with Crippen LogP contribution in [0.2, 0.25) is 0 Å². The zero-order valence-corrected chi connectivity index (χ0v) is 11.5. The van der Waals surface area contributed by atoms with Crippen LogP contribution in [0.1, 0.15) is 25.3 Å². The summed E-state index contributed by atoms with van der Waals surface area (Å²) in [7, 11) is 0. The SMILES string of the molecule is CCOC(=O)CC(Cc1ccccc1)NCCCO. The number of hydrogen-bond acceptors (Lipinski definition) is 4. The fourth-order valence-electron chi connectivity index (χ4n) is 1.92. The van der Waals surface area contributed by atoms with Crippen molar-refractivity contribution in [2.45, 2.75) is 32.2 Å². The molecule has 0 fully saturated rings. The minimum absolute atomic E-state index is 0.0491. The van der Waals surface area contributed by atoms with E-state index < -0.39 is 0 Å². The fourth-order valence-corrected chi connectivity index (χ4v) is 1.92. The zero-order valence-electron chi connectivity index (χ0n) is 11.5. The first-order valence-electron chi connectivity index (χ1n) is 6.80. The van der Waals surface area contributed by atoms with Gasteiger partial charge in [0, 0.05) is 12.6 Å². The molecule has 1 unspecified atom stereocenters. The Morgan fingerprint density at radius 1 is 1.37 bits per heavy atom. The van der Waals surface area contributed by atoms with Gasteiger partial charge in [0.2, 0.25) is 0 Å². The van der Waals surface area contributed by atoms with Gasteiger partial charge in [-0.05, 0) is 31.9 Å². The molecule has 0 aliphatic carbocycles. The summed E-state index contributed by atoms with van der Waals surface area (Å²) >= 11 is 0. The maximum atomic E-state index is 11.6. The molecule has 0 bridgehead atoms. The van der Waals surface area contributed by atoms with Gasteiger partial charge < -0.3 is 15.2 Å². The van der Waals surface area contributed by atoms with Crippen molar-refractivity contribution in [3.8, 4) is 0 Å². The van der Waals surface area contributed by atoms with E-state index in [2.05, 4.69) is 5.32 Å². The Labute approximate surface area is 114 Å². The van der Waals surface area contributed by atoms with E-state index in [1.54, 1.807) is 0 Å². The van der Waals surface area contributed by atoms with Crippen LogP contribution in [-0.4, -0.2) is 36.9 Å². The molecule has 2 N–H and O–H groups in total. The van der Waals surface area contributed by atoms with Crippen LogP contribution in [0.5, 0.6) is 0 Å². The van der Waals surface area contributed by atoms with Crippen LogP contribution in [0.4, 0.5) is 0 Å². The molecule has 0 saturated heterocycles. The summed E-state index contributed by atoms with van der Waals surface area (Å²) in [5.74, 6) is -0.181. The third kappa shape index (κ3) is 6.94. The van der Waals surface area contributed by atoms with E-state index in [9.17, 15) is 4.79 Å². The van der Waals surface area contributed by atoms with Gasteiger partial charge in [-0.2, -0.15) is 0 Å². The molecular weight excluding hydrogens is 242 g/mol. The van der Waals surface area contributed by atoms with Crippen molar-refractivity contribution in [1.82, 2.24) is 5.32 Å². The van der Waals surface area contributed by atoms with Gasteiger partial charge in [0.1, 0.15) is 0 Å². The maximum absolute atomic E-state index is 11.6. The molecule has 1 aromatic rings. The zero-order chi connectivity index (χ0) is 13.9. The predicted molar refractivity (Wildman–Crippen MR) is 74.9 cm³/mol. The van der Waals surface area contributed by atoms with E-state index in [1.165, 1.54) is 5.56 Å². The number of hydrogen-bond donors (Lipinski definition) is 2. The molecule has 0 spiro atoms. The second-order valence-corrected chi connectivity index (χ2v) is 4.43. The van der Waals surface area contributed by atoms with E-state index >= 15 is 0 Å². The minimum Gasteiger partial charge on any atom is -0.466 e. The van der Waals surface area contributed by atoms with Gasteiger partial charge in [0.25, 0.3) is 0 Å². The third-order valence-electron chi connectivity index (χ3n) is 2.81. The molecule has 0 aromatic heterocycles. The Bertz CT molecular complexity index is 354. The van der Waals surface area contributed by atoms with Gasteiger partial charge in [0.15, 0.2) is 0 Å². The minimum atomic E-state index is -0.181. The number of aliphatic hydroxyl groups is 1. The van der Waals surface area contributed by atoms with Crippen LogP contribution in [0.25, 0.3) is 0 Å². The van der Waals surface area contributed by atoms with Gasteiger partial charge in [-0.25, -0.2) is 0 Å². The van der Waals surface area contributed by atoms with E-state index in [0.717, 1.165) is 6.42 Å². The highest BCUT2D eigenvalue weighted by Gasteiger charge is 2.14. The van der Waals surface area contributed by atoms with Gasteiger partial charge in [-0.1, -0.05) is 30.3 Å². The maximum Gasteiger partial charge on any atom is 0.307 e. The summed E-state index contributed by atoms with van der Waals surface area (Å²) in [6.07, 6.45) is 1.83. The smallest absolute Gasteiger partial charge is 0.307 e. The van der Waals surface area contributed by atoms with Gasteiger partial charge in [-0.15, -0.1) is 0 Å². The largest absolute Gasteiger partial charge is 0.466 e. The summed E-state index contributed by atoms with van der Waals surface area (Å²) < 4.78 is 4.99. The van der Waals surface area contributed by atoms with Crippen LogP contribution in [0, 0.1) is 0 Å². The molecule has 0 radical (unpaired) electrons. The summed E-state index contributed by atoms with van der Waals surface area (Å²) in [5, 5.41) is 12.1. The summed E-state index contributed by atoms with van der Waals surface area (Å²) in [6, 6.07) is 10.1. The van der Waals surface area contributed by atoms with Crippen molar-refractivity contribution in [2.24, 2.45) is 0 Å². The third-order valence-corrected chi connectivity index (χ3v) is 2.81. The highest BCUT2D eigenvalue weighted by molar-refractivity contribution is 5.70. The van der Waals surface area contributed by atoms with Crippen LogP contribution in [0.15, 0.2) is 30.3 Å². The summed E-state index contributed by atoms with van der Waals surface area (Å²) in [5.41, 5.74) is 1.19. The lowest BCUT2D eigenvalue weighted by atomic mass is 10.0. The monoisotopic (exact) mass is 265 g/mol. The Balaban J connectivity index is 2.50. The Morgan fingerprint density at radius 2 is 2.11 bits per heavy atom. The number of nitrogens with one attached hydrogen (secondary N) is 1. The number of carbonyl (C=O) groups excluding carboxylic acids is 1. The lowest BCUT2D eigenvalue weighted by molar-refractivity contribution is -0.143. The van der Waals surface area contributed by atoms with Crippen LogP contribution in [0.3, 0.4) is 0 Å². The molecule has 106 valence electrons. The lowest BCUT2D eigenvalue weighted by Gasteiger charge is -2.18. The molecule has 4 heteroatoms. The van der Waals surface area contributed by atoms with E-state index in [1.807, 2.05) is 37.3 Å². The highest BCUT2D eigenvalue weighted by atomic mass is 16.5. The average molecular weight is 265 g/mol. The highest BCUT2D eigenvalue weighted by Crippen LogP contribution is 2.07. The number of ether oxygens (including phenoxy) is 1. The lowest BCUT2D eigenvalue weighted by Crippen LogP contribution is -2.35. The van der Waals surface area contributed by atoms with Crippen LogP contribution < -0.4 is 5.32 Å². The standard InChI is InChI=1S/C15H23NO3/c1-2-19-15(18)12-14(16-9-6-10-17)11-13-7-4-3-5-8-13/h3-5,7-8,14,16-17H,2,6,9-12H2,1H3.